The van der Waals surface area contributed by atoms with Crippen molar-refractivity contribution < 1.29 is 4.79 Å². The summed E-state index contributed by atoms with van der Waals surface area (Å²) < 4.78 is 0. The Morgan fingerprint density at radius 2 is 1.88 bits per heavy atom. The number of unbranched alkanes of at least 4 members (excludes halogenated alkanes) is 1. The summed E-state index contributed by atoms with van der Waals surface area (Å²) in [6.07, 6.45) is 7.46. The second-order valence-corrected chi connectivity index (χ2v) is 5.88. The number of nitrogens with zero attached hydrogens (tertiary/aromatic N) is 1. The number of hydrogen-bond acceptors (Lipinski definition) is 1. The fraction of sp³-hybridized carbons (Fsp3) is 0.929. The van der Waals surface area contributed by atoms with Gasteiger partial charge >= 0.3 is 0 Å². The van der Waals surface area contributed by atoms with Crippen molar-refractivity contribution in [1.82, 2.24) is 4.90 Å². The minimum absolute atomic E-state index is 0.359. The van der Waals surface area contributed by atoms with E-state index in [4.69, 9.17) is 11.6 Å². The smallest absolute Gasteiger partial charge is 0.226 e. The SMILES string of the molecule is CCCCN(CCCl)C(=O)C1C2CCCCC21. The van der Waals surface area contributed by atoms with Gasteiger partial charge in [-0.1, -0.05) is 26.2 Å². The van der Waals surface area contributed by atoms with Crippen LogP contribution >= 0.6 is 11.6 Å². The molecule has 2 rings (SSSR count). The normalized spacial score (nSPS) is 30.8. The molecule has 0 radical (unpaired) electrons. The maximum atomic E-state index is 12.4. The summed E-state index contributed by atoms with van der Waals surface area (Å²) in [6, 6.07) is 0. The van der Waals surface area contributed by atoms with E-state index in [0.29, 0.717) is 17.7 Å². The minimum Gasteiger partial charge on any atom is -0.341 e. The zero-order valence-electron chi connectivity index (χ0n) is 10.8. The van der Waals surface area contributed by atoms with Gasteiger partial charge in [0.2, 0.25) is 5.91 Å². The molecule has 0 aliphatic heterocycles. The molecule has 1 amide bonds. The molecule has 2 fully saturated rings. The summed E-state index contributed by atoms with van der Waals surface area (Å²) in [5.41, 5.74) is 0. The Bertz CT molecular complexity index is 257. The molecule has 0 aromatic carbocycles. The number of amides is 1. The lowest BCUT2D eigenvalue weighted by atomic mass is 10.0. The Morgan fingerprint density at radius 1 is 1.24 bits per heavy atom. The van der Waals surface area contributed by atoms with Crippen LogP contribution < -0.4 is 0 Å². The van der Waals surface area contributed by atoms with Gasteiger partial charge < -0.3 is 4.90 Å². The molecule has 0 N–H and O–H groups in total. The number of halogens is 1. The van der Waals surface area contributed by atoms with Crippen LogP contribution in [0.2, 0.25) is 0 Å². The Balaban J connectivity index is 1.87. The van der Waals surface area contributed by atoms with Gasteiger partial charge in [-0.25, -0.2) is 0 Å². The highest BCUT2D eigenvalue weighted by Gasteiger charge is 2.55. The average molecular weight is 258 g/mol. The Hall–Kier alpha value is -0.240. The van der Waals surface area contributed by atoms with Crippen molar-refractivity contribution in [3.63, 3.8) is 0 Å². The molecular formula is C14H24ClNO. The first-order chi connectivity index (χ1) is 8.29. The Morgan fingerprint density at radius 3 is 2.41 bits per heavy atom. The summed E-state index contributed by atoms with van der Waals surface area (Å²) in [6.45, 7) is 3.80. The molecule has 2 unspecified atom stereocenters. The van der Waals surface area contributed by atoms with Crippen molar-refractivity contribution in [1.29, 1.82) is 0 Å². The van der Waals surface area contributed by atoms with Gasteiger partial charge in [0.1, 0.15) is 0 Å². The lowest BCUT2D eigenvalue weighted by molar-refractivity contribution is -0.133. The third-order valence-corrected chi connectivity index (χ3v) is 4.56. The first-order valence-electron chi connectivity index (χ1n) is 7.14. The quantitative estimate of drug-likeness (QED) is 0.669. The largest absolute Gasteiger partial charge is 0.341 e. The standard InChI is InChI=1S/C14H24ClNO/c1-2-3-9-16(10-8-15)14(17)13-11-6-4-5-7-12(11)13/h11-13H,2-10H2,1H3. The summed E-state index contributed by atoms with van der Waals surface area (Å²) in [4.78, 5) is 14.4. The van der Waals surface area contributed by atoms with E-state index >= 15 is 0 Å². The van der Waals surface area contributed by atoms with Gasteiger partial charge in [-0.3, -0.25) is 4.79 Å². The number of hydrogen-bond donors (Lipinski definition) is 0. The topological polar surface area (TPSA) is 20.3 Å². The van der Waals surface area contributed by atoms with Crippen molar-refractivity contribution in [2.45, 2.75) is 45.4 Å². The van der Waals surface area contributed by atoms with Crippen molar-refractivity contribution in [2.24, 2.45) is 17.8 Å². The molecule has 98 valence electrons. The van der Waals surface area contributed by atoms with Gasteiger partial charge in [0, 0.05) is 24.9 Å². The second kappa shape index (κ2) is 6.08. The Labute approximate surface area is 110 Å². The van der Waals surface area contributed by atoms with E-state index in [2.05, 4.69) is 6.92 Å². The van der Waals surface area contributed by atoms with Crippen molar-refractivity contribution >= 4 is 17.5 Å². The monoisotopic (exact) mass is 257 g/mol. The van der Waals surface area contributed by atoms with Gasteiger partial charge in [-0.05, 0) is 31.1 Å². The molecule has 3 heteroatoms. The van der Waals surface area contributed by atoms with E-state index in [1.165, 1.54) is 25.7 Å². The van der Waals surface area contributed by atoms with Crippen LogP contribution in [-0.2, 0) is 4.79 Å². The molecule has 2 aliphatic rings. The molecule has 0 bridgehead atoms. The van der Waals surface area contributed by atoms with Crippen LogP contribution in [0.5, 0.6) is 0 Å². The maximum Gasteiger partial charge on any atom is 0.226 e. The molecule has 0 saturated heterocycles. The predicted molar refractivity (Wildman–Crippen MR) is 71.1 cm³/mol. The van der Waals surface area contributed by atoms with Crippen molar-refractivity contribution in [3.8, 4) is 0 Å². The number of carbonyl (C=O) groups excluding carboxylic acids is 1. The first-order valence-corrected chi connectivity index (χ1v) is 7.67. The molecule has 2 aliphatic carbocycles. The van der Waals surface area contributed by atoms with Crippen LogP contribution in [0.1, 0.15) is 45.4 Å². The first kappa shape index (κ1) is 13.2. The van der Waals surface area contributed by atoms with Gasteiger partial charge in [0.25, 0.3) is 0 Å². The average Bonchev–Trinajstić information content (AvgIpc) is 3.08. The molecule has 2 nitrogen and oxygen atoms in total. The van der Waals surface area contributed by atoms with Crippen LogP contribution in [0.3, 0.4) is 0 Å². The fourth-order valence-electron chi connectivity index (χ4n) is 3.35. The van der Waals surface area contributed by atoms with E-state index in [1.54, 1.807) is 0 Å². The highest BCUT2D eigenvalue weighted by atomic mass is 35.5. The lowest BCUT2D eigenvalue weighted by Gasteiger charge is -2.21. The molecule has 0 spiro atoms. The van der Waals surface area contributed by atoms with E-state index in [0.717, 1.165) is 37.8 Å². The molecule has 0 heterocycles. The molecule has 0 aromatic heterocycles. The van der Waals surface area contributed by atoms with Crippen molar-refractivity contribution in [2.75, 3.05) is 19.0 Å². The molecule has 2 saturated carbocycles. The zero-order valence-corrected chi connectivity index (χ0v) is 11.6. The third-order valence-electron chi connectivity index (χ3n) is 4.39. The number of alkyl halides is 1. The number of carbonyl (C=O) groups is 1. The summed E-state index contributed by atoms with van der Waals surface area (Å²) >= 11 is 5.80. The summed E-state index contributed by atoms with van der Waals surface area (Å²) in [5, 5.41) is 0. The van der Waals surface area contributed by atoms with E-state index in [9.17, 15) is 4.79 Å². The van der Waals surface area contributed by atoms with Crippen LogP contribution in [-0.4, -0.2) is 29.8 Å². The highest BCUT2D eigenvalue weighted by Crippen LogP contribution is 2.56. The second-order valence-electron chi connectivity index (χ2n) is 5.51. The van der Waals surface area contributed by atoms with Crippen LogP contribution in [0.25, 0.3) is 0 Å². The van der Waals surface area contributed by atoms with Gasteiger partial charge in [-0.2, -0.15) is 0 Å². The van der Waals surface area contributed by atoms with Gasteiger partial charge in [-0.15, -0.1) is 11.6 Å². The van der Waals surface area contributed by atoms with Gasteiger partial charge in [0.05, 0.1) is 0 Å². The maximum absolute atomic E-state index is 12.4. The summed E-state index contributed by atoms with van der Waals surface area (Å²) in [5.74, 6) is 2.76. The lowest BCUT2D eigenvalue weighted by Crippen LogP contribution is -2.35. The van der Waals surface area contributed by atoms with Crippen LogP contribution in [0.4, 0.5) is 0 Å². The number of rotatable bonds is 6. The zero-order chi connectivity index (χ0) is 12.3. The predicted octanol–water partition coefficient (Wildman–Crippen LogP) is 3.29. The molecule has 17 heavy (non-hydrogen) atoms. The van der Waals surface area contributed by atoms with E-state index in [-0.39, 0.29) is 0 Å². The van der Waals surface area contributed by atoms with Crippen molar-refractivity contribution in [3.05, 3.63) is 0 Å². The molecule has 2 atom stereocenters. The summed E-state index contributed by atoms with van der Waals surface area (Å²) in [7, 11) is 0. The minimum atomic E-state index is 0.359. The third kappa shape index (κ3) is 2.96. The molecule has 0 aromatic rings. The number of fused-ring (bicyclic) bond motifs is 1. The van der Waals surface area contributed by atoms with Crippen LogP contribution in [0, 0.1) is 17.8 Å². The molecular weight excluding hydrogens is 234 g/mol. The van der Waals surface area contributed by atoms with Crippen LogP contribution in [0.15, 0.2) is 0 Å². The highest BCUT2D eigenvalue weighted by molar-refractivity contribution is 6.18. The van der Waals surface area contributed by atoms with Gasteiger partial charge in [0.15, 0.2) is 0 Å². The van der Waals surface area contributed by atoms with E-state index in [1.807, 2.05) is 4.90 Å². The fourth-order valence-corrected chi connectivity index (χ4v) is 3.56. The van der Waals surface area contributed by atoms with E-state index < -0.39 is 0 Å². The Kier molecular flexibility index (Phi) is 4.72.